The fourth-order valence-electron chi connectivity index (χ4n) is 6.69. The SMILES string of the molecule is C#C.C=C(C)Cc1ccccc1-c1ccc(C)c(C)c1C.C=C(C)c1ccccc1.CC.CCc1cccc(C)c1-c1ccccc1C.Cc1ccccc1.Cc1ccccc1C. The van der Waals surface area contributed by atoms with Crippen molar-refractivity contribution in [2.45, 2.75) is 103 Å². The molecule has 0 nitrogen and oxygen atoms in total. The second kappa shape index (κ2) is 30.6. The van der Waals surface area contributed by atoms with Crippen LogP contribution in [0.25, 0.3) is 27.8 Å². The number of hydrogen-bond acceptors (Lipinski definition) is 0. The summed E-state index contributed by atoms with van der Waals surface area (Å²) in [5, 5.41) is 0. The molecule has 63 heavy (non-hydrogen) atoms. The first-order chi connectivity index (χ1) is 30.2. The Balaban J connectivity index is 0.000000405. The van der Waals surface area contributed by atoms with Crippen LogP contribution < -0.4 is 0 Å². The Morgan fingerprint density at radius 3 is 1.30 bits per heavy atom. The van der Waals surface area contributed by atoms with Gasteiger partial charge in [-0.3, -0.25) is 0 Å². The maximum atomic E-state index is 4.04. The van der Waals surface area contributed by atoms with E-state index in [-0.39, 0.29) is 0 Å². The quantitative estimate of drug-likeness (QED) is 0.116. The van der Waals surface area contributed by atoms with Crippen molar-refractivity contribution < 1.29 is 0 Å². The number of hydrogen-bond donors (Lipinski definition) is 0. The molecule has 328 valence electrons. The van der Waals surface area contributed by atoms with Crippen LogP contribution in [-0.4, -0.2) is 0 Å². The van der Waals surface area contributed by atoms with Crippen molar-refractivity contribution in [2.24, 2.45) is 0 Å². The monoisotopic (exact) mass is 833 g/mol. The molecule has 0 aliphatic carbocycles. The minimum atomic E-state index is 0.947. The Hall–Kier alpha value is -6.42. The third kappa shape index (κ3) is 19.0. The van der Waals surface area contributed by atoms with Gasteiger partial charge in [0.15, 0.2) is 0 Å². The van der Waals surface area contributed by atoms with E-state index in [1.54, 1.807) is 0 Å². The summed E-state index contributed by atoms with van der Waals surface area (Å²) >= 11 is 0. The summed E-state index contributed by atoms with van der Waals surface area (Å²) in [4.78, 5) is 0. The predicted octanol–water partition coefficient (Wildman–Crippen LogP) is 18.2. The molecule has 7 aromatic rings. The molecule has 0 heteroatoms. The van der Waals surface area contributed by atoms with E-state index >= 15 is 0 Å². The fraction of sp³-hybridized carbons (Fsp3) is 0.238. The first-order valence-electron chi connectivity index (χ1n) is 22.3. The van der Waals surface area contributed by atoms with E-state index in [0.29, 0.717) is 0 Å². The Morgan fingerprint density at radius 2 is 0.857 bits per heavy atom. The van der Waals surface area contributed by atoms with Gasteiger partial charge in [-0.2, -0.15) is 0 Å². The summed E-state index contributed by atoms with van der Waals surface area (Å²) in [5.74, 6) is 0. The van der Waals surface area contributed by atoms with Crippen molar-refractivity contribution in [3.05, 3.63) is 244 Å². The van der Waals surface area contributed by atoms with E-state index < -0.39 is 0 Å². The van der Waals surface area contributed by atoms with Crippen molar-refractivity contribution in [1.82, 2.24) is 0 Å². The van der Waals surface area contributed by atoms with Gasteiger partial charge in [-0.15, -0.1) is 12.8 Å². The lowest BCUT2D eigenvalue weighted by Crippen LogP contribution is -1.95. The van der Waals surface area contributed by atoms with Crippen molar-refractivity contribution in [3.63, 3.8) is 0 Å². The molecule has 0 saturated heterocycles. The van der Waals surface area contributed by atoms with E-state index in [0.717, 1.165) is 18.4 Å². The summed E-state index contributed by atoms with van der Waals surface area (Å²) in [7, 11) is 0. The Bertz CT molecular complexity index is 2380. The van der Waals surface area contributed by atoms with E-state index in [1.165, 1.54) is 89.0 Å². The van der Waals surface area contributed by atoms with E-state index in [4.69, 9.17) is 0 Å². The molecule has 0 fully saturated rings. The van der Waals surface area contributed by atoms with Crippen LogP contribution in [0.4, 0.5) is 0 Å². The Morgan fingerprint density at radius 1 is 0.413 bits per heavy atom. The number of aryl methyl sites for hydroxylation is 7. The summed E-state index contributed by atoms with van der Waals surface area (Å²) in [6.07, 6.45) is 10.0. The van der Waals surface area contributed by atoms with E-state index in [1.807, 2.05) is 57.2 Å². The molecule has 0 saturated carbocycles. The highest BCUT2D eigenvalue weighted by atomic mass is 14.1. The van der Waals surface area contributed by atoms with Crippen LogP contribution in [0.15, 0.2) is 183 Å². The van der Waals surface area contributed by atoms with Gasteiger partial charge in [-0.25, -0.2) is 0 Å². The second-order valence-electron chi connectivity index (χ2n) is 15.6. The average molecular weight is 833 g/mol. The van der Waals surface area contributed by atoms with Crippen molar-refractivity contribution in [1.29, 1.82) is 0 Å². The summed E-state index contributed by atoms with van der Waals surface area (Å²) in [6, 6.07) is 57.1. The average Bonchev–Trinajstić information content (AvgIpc) is 3.30. The molecular formula is C63H76. The van der Waals surface area contributed by atoms with Crippen LogP contribution in [-0.2, 0) is 12.8 Å². The molecule has 0 unspecified atom stereocenters. The number of allylic oxidation sites excluding steroid dienone is 2. The Labute approximate surface area is 385 Å². The predicted molar refractivity (Wildman–Crippen MR) is 285 cm³/mol. The summed E-state index contributed by atoms with van der Waals surface area (Å²) < 4.78 is 0. The topological polar surface area (TPSA) is 0 Å². The van der Waals surface area contributed by atoms with Gasteiger partial charge in [0, 0.05) is 0 Å². The largest absolute Gasteiger partial charge is 0.124 e. The zero-order valence-electron chi connectivity index (χ0n) is 41.1. The molecule has 0 heterocycles. The van der Waals surface area contributed by atoms with Gasteiger partial charge >= 0.3 is 0 Å². The van der Waals surface area contributed by atoms with E-state index in [2.05, 4.69) is 223 Å². The van der Waals surface area contributed by atoms with Crippen molar-refractivity contribution in [3.8, 4) is 35.1 Å². The molecule has 0 aromatic heterocycles. The van der Waals surface area contributed by atoms with Gasteiger partial charge in [-0.05, 0) is 160 Å². The van der Waals surface area contributed by atoms with Gasteiger partial charge < -0.3 is 0 Å². The molecule has 0 amide bonds. The minimum absolute atomic E-state index is 0.947. The lowest BCUT2D eigenvalue weighted by molar-refractivity contribution is 1.13. The third-order valence-electron chi connectivity index (χ3n) is 10.6. The first-order valence-corrected chi connectivity index (χ1v) is 22.3. The normalized spacial score (nSPS) is 9.38. The molecule has 0 aliphatic heterocycles. The molecule has 0 atom stereocenters. The standard InChI is InChI=1S/C19H22.C16H18.C9H10.C8H10.C7H8.C2H6.C2H2/c1-13(2)12-17-8-6-7-9-19(17)18-11-10-14(3)15(4)16(18)5;1-4-14-10-7-9-13(3)16(14)15-11-6-5-8-12(15)2;1-8(2)9-6-4-3-5-7-9;1-7-5-3-4-6-8(7)2;1-7-5-3-2-4-6-7;2*1-2/h6-11H,1,12H2,2-5H3;5-11H,4H2,1-3H3;3-7H,1H2,2H3;3-6H,1-2H3;2-6H,1H3;1-2H3;1-2H. The highest BCUT2D eigenvalue weighted by molar-refractivity contribution is 5.74. The van der Waals surface area contributed by atoms with Gasteiger partial charge in [0.2, 0.25) is 0 Å². The fourth-order valence-corrected chi connectivity index (χ4v) is 6.69. The lowest BCUT2D eigenvalue weighted by atomic mass is 9.90. The Kier molecular flexibility index (Phi) is 26.5. The maximum Gasteiger partial charge on any atom is -0.00664 e. The zero-order valence-corrected chi connectivity index (χ0v) is 41.1. The summed E-state index contributed by atoms with van der Waals surface area (Å²) in [5.41, 5.74) is 22.7. The number of terminal acetylenes is 1. The van der Waals surface area contributed by atoms with Crippen LogP contribution in [0.5, 0.6) is 0 Å². The maximum absolute atomic E-state index is 4.04. The van der Waals surface area contributed by atoms with E-state index in [9.17, 15) is 0 Å². The molecular weight excluding hydrogens is 757 g/mol. The van der Waals surface area contributed by atoms with Gasteiger partial charge in [0.25, 0.3) is 0 Å². The van der Waals surface area contributed by atoms with Crippen LogP contribution in [0, 0.1) is 68.2 Å². The van der Waals surface area contributed by atoms with Crippen LogP contribution in [0.1, 0.15) is 95.8 Å². The molecule has 7 rings (SSSR count). The third-order valence-corrected chi connectivity index (χ3v) is 10.6. The van der Waals surface area contributed by atoms with Crippen LogP contribution >= 0.6 is 0 Å². The molecule has 0 radical (unpaired) electrons. The summed E-state index contributed by atoms with van der Waals surface area (Å²) in [6.45, 7) is 35.5. The van der Waals surface area contributed by atoms with Gasteiger partial charge in [0.05, 0.1) is 0 Å². The smallest absolute Gasteiger partial charge is 0.00664 e. The molecule has 7 aromatic carbocycles. The van der Waals surface area contributed by atoms with Crippen LogP contribution in [0.3, 0.4) is 0 Å². The minimum Gasteiger partial charge on any atom is -0.124 e. The number of benzene rings is 7. The highest BCUT2D eigenvalue weighted by Crippen LogP contribution is 2.32. The molecule has 0 N–H and O–H groups in total. The molecule has 0 aliphatic rings. The number of rotatable bonds is 6. The van der Waals surface area contributed by atoms with Crippen LogP contribution in [0.2, 0.25) is 0 Å². The molecule has 0 spiro atoms. The lowest BCUT2D eigenvalue weighted by Gasteiger charge is -2.15. The highest BCUT2D eigenvalue weighted by Gasteiger charge is 2.10. The van der Waals surface area contributed by atoms with Crippen molar-refractivity contribution in [2.75, 3.05) is 0 Å². The second-order valence-corrected chi connectivity index (χ2v) is 15.6. The molecule has 0 bridgehead atoms. The first kappa shape index (κ1) is 54.6. The van der Waals surface area contributed by atoms with Crippen molar-refractivity contribution >= 4 is 5.57 Å². The zero-order chi connectivity index (χ0) is 47.3. The van der Waals surface area contributed by atoms with Gasteiger partial charge in [-0.1, -0.05) is 214 Å². The van der Waals surface area contributed by atoms with Gasteiger partial charge in [0.1, 0.15) is 0 Å².